The summed E-state index contributed by atoms with van der Waals surface area (Å²) in [5.74, 6) is 2.01. The van der Waals surface area contributed by atoms with Crippen LogP contribution in [-0.2, 0) is 4.76 Å². The Morgan fingerprint density at radius 3 is 2.48 bits per heavy atom. The van der Waals surface area contributed by atoms with Crippen LogP contribution in [0, 0.1) is 5.92 Å². The van der Waals surface area contributed by atoms with Gasteiger partial charge < -0.3 is 14.2 Å². The number of fused-ring (bicyclic) bond motifs is 3. The van der Waals surface area contributed by atoms with E-state index in [9.17, 15) is 0 Å². The highest BCUT2D eigenvalue weighted by molar-refractivity contribution is 6.90. The minimum Gasteiger partial charge on any atom is -0.659 e. The standard InChI is InChI=1S/C16H16BN2O2/c1-12(2)16-18-21-17(13-8-4-3-5-9-13)19(16)14-10-6-7-11-15(14)20-17/h3-12H,1-2H3/q-1/t17-/m1/s1. The fourth-order valence-corrected chi connectivity index (χ4v) is 3.06. The Morgan fingerprint density at radius 2 is 1.71 bits per heavy atom. The Bertz CT molecular complexity index is 717. The number of hydrogen-bond donors (Lipinski definition) is 0. The molecule has 0 fully saturated rings. The van der Waals surface area contributed by atoms with Gasteiger partial charge in [-0.15, -0.1) is 5.16 Å². The summed E-state index contributed by atoms with van der Waals surface area (Å²) in [6.45, 7) is 2.42. The SMILES string of the molecule is CC(C)C1=NO[B@@-]2(c3ccccc3)Oc3ccccc3N12. The molecule has 4 nitrogen and oxygen atoms in total. The van der Waals surface area contributed by atoms with Gasteiger partial charge in [-0.25, -0.2) is 0 Å². The molecule has 0 saturated heterocycles. The fraction of sp³-hybridized carbons (Fsp3) is 0.188. The molecule has 0 bridgehead atoms. The minimum absolute atomic E-state index is 0.257. The van der Waals surface area contributed by atoms with Crippen LogP contribution in [0.3, 0.4) is 0 Å². The van der Waals surface area contributed by atoms with Gasteiger partial charge in [0.05, 0.1) is 5.75 Å². The predicted molar refractivity (Wildman–Crippen MR) is 84.7 cm³/mol. The number of para-hydroxylation sites is 2. The van der Waals surface area contributed by atoms with Crippen LogP contribution in [0.1, 0.15) is 13.8 Å². The van der Waals surface area contributed by atoms with E-state index in [1.165, 1.54) is 0 Å². The van der Waals surface area contributed by atoms with E-state index in [4.69, 9.17) is 9.41 Å². The van der Waals surface area contributed by atoms with E-state index in [1.54, 1.807) is 0 Å². The molecule has 1 atom stereocenters. The van der Waals surface area contributed by atoms with Crippen molar-refractivity contribution >= 4 is 23.7 Å². The second-order valence-corrected chi connectivity index (χ2v) is 5.75. The van der Waals surface area contributed by atoms with E-state index in [0.29, 0.717) is 0 Å². The van der Waals surface area contributed by atoms with E-state index in [0.717, 1.165) is 22.7 Å². The average molecular weight is 279 g/mol. The lowest BCUT2D eigenvalue weighted by atomic mass is 9.62. The summed E-state index contributed by atoms with van der Waals surface area (Å²) in [5.41, 5.74) is 2.01. The number of hydrogen-bond acceptors (Lipinski definition) is 4. The molecule has 2 aromatic rings. The Kier molecular flexibility index (Phi) is 2.51. The highest BCUT2D eigenvalue weighted by Crippen LogP contribution is 2.43. The fourth-order valence-electron chi connectivity index (χ4n) is 3.06. The van der Waals surface area contributed by atoms with Crippen molar-refractivity contribution < 1.29 is 9.41 Å². The highest BCUT2D eigenvalue weighted by Gasteiger charge is 2.52. The first-order valence-corrected chi connectivity index (χ1v) is 7.26. The Hall–Kier alpha value is -2.43. The van der Waals surface area contributed by atoms with E-state index in [2.05, 4.69) is 23.8 Å². The Balaban J connectivity index is 1.90. The number of rotatable bonds is 2. The summed E-state index contributed by atoms with van der Waals surface area (Å²) in [7, 11) is 0. The zero-order chi connectivity index (χ0) is 14.4. The van der Waals surface area contributed by atoms with Crippen molar-refractivity contribution in [3.8, 4) is 5.75 Å². The lowest BCUT2D eigenvalue weighted by molar-refractivity contribution is 0.284. The lowest BCUT2D eigenvalue weighted by Crippen LogP contribution is -2.65. The van der Waals surface area contributed by atoms with Crippen LogP contribution in [0.5, 0.6) is 5.75 Å². The first kappa shape index (κ1) is 12.3. The lowest BCUT2D eigenvalue weighted by Gasteiger charge is -2.37. The van der Waals surface area contributed by atoms with Crippen molar-refractivity contribution in [2.45, 2.75) is 13.8 Å². The van der Waals surface area contributed by atoms with Gasteiger partial charge in [0.1, 0.15) is 5.84 Å². The molecule has 0 amide bonds. The third-order valence-corrected chi connectivity index (χ3v) is 4.02. The zero-order valence-corrected chi connectivity index (χ0v) is 12.1. The van der Waals surface area contributed by atoms with E-state index in [-0.39, 0.29) is 5.92 Å². The van der Waals surface area contributed by atoms with Gasteiger partial charge in [0.2, 0.25) is 0 Å². The van der Waals surface area contributed by atoms with Crippen molar-refractivity contribution in [3.05, 3.63) is 54.6 Å². The molecule has 0 aromatic heterocycles. The first-order valence-electron chi connectivity index (χ1n) is 7.26. The third kappa shape index (κ3) is 1.60. The van der Waals surface area contributed by atoms with Crippen molar-refractivity contribution in [2.75, 3.05) is 4.81 Å². The van der Waals surface area contributed by atoms with Gasteiger partial charge in [-0.2, -0.15) is 0 Å². The van der Waals surface area contributed by atoms with Crippen LogP contribution in [0.4, 0.5) is 5.69 Å². The first-order chi connectivity index (χ1) is 10.2. The molecular weight excluding hydrogens is 263 g/mol. The normalized spacial score (nSPS) is 22.4. The van der Waals surface area contributed by atoms with Gasteiger partial charge >= 0.3 is 6.69 Å². The van der Waals surface area contributed by atoms with Gasteiger partial charge in [-0.1, -0.05) is 61.8 Å². The zero-order valence-electron chi connectivity index (χ0n) is 12.1. The van der Waals surface area contributed by atoms with Crippen molar-refractivity contribution in [1.29, 1.82) is 0 Å². The molecule has 2 aromatic carbocycles. The molecule has 2 aliphatic rings. The van der Waals surface area contributed by atoms with Crippen LogP contribution in [0.25, 0.3) is 0 Å². The molecule has 2 aliphatic heterocycles. The molecular formula is C16H16BN2O2-. The summed E-state index contributed by atoms with van der Waals surface area (Å²) in [4.78, 5) is 2.12. The number of nitrogens with zero attached hydrogens (tertiary/aromatic N) is 2. The smallest absolute Gasteiger partial charge is 0.512 e. The minimum atomic E-state index is -1.80. The number of amidine groups is 1. The maximum atomic E-state index is 6.24. The van der Waals surface area contributed by atoms with Crippen molar-refractivity contribution in [2.24, 2.45) is 11.1 Å². The van der Waals surface area contributed by atoms with Gasteiger partial charge in [0, 0.05) is 11.6 Å². The molecule has 5 heteroatoms. The number of anilines is 1. The summed E-state index contributed by atoms with van der Waals surface area (Å²) >= 11 is 0. The molecule has 0 saturated carbocycles. The van der Waals surface area contributed by atoms with Crippen LogP contribution >= 0.6 is 0 Å². The largest absolute Gasteiger partial charge is 0.659 e. The van der Waals surface area contributed by atoms with Crippen molar-refractivity contribution in [3.63, 3.8) is 0 Å². The van der Waals surface area contributed by atoms with E-state index >= 15 is 0 Å². The molecule has 2 heterocycles. The Morgan fingerprint density at radius 1 is 1.00 bits per heavy atom. The average Bonchev–Trinajstić information content (AvgIpc) is 3.03. The van der Waals surface area contributed by atoms with Crippen LogP contribution < -0.4 is 14.9 Å². The van der Waals surface area contributed by atoms with E-state index in [1.807, 2.05) is 54.6 Å². The predicted octanol–water partition coefficient (Wildman–Crippen LogP) is 2.73. The molecule has 106 valence electrons. The van der Waals surface area contributed by atoms with Gasteiger partial charge in [0.25, 0.3) is 0 Å². The quantitative estimate of drug-likeness (QED) is 0.793. The van der Waals surface area contributed by atoms with Gasteiger partial charge in [0.15, 0.2) is 0 Å². The van der Waals surface area contributed by atoms with Crippen LogP contribution in [-0.4, -0.2) is 12.5 Å². The topological polar surface area (TPSA) is 34.1 Å². The molecule has 4 rings (SSSR count). The number of benzene rings is 2. The van der Waals surface area contributed by atoms with Crippen LogP contribution in [0.15, 0.2) is 59.8 Å². The van der Waals surface area contributed by atoms with Crippen LogP contribution in [0.2, 0.25) is 0 Å². The second-order valence-electron chi connectivity index (χ2n) is 5.75. The van der Waals surface area contributed by atoms with Crippen molar-refractivity contribution in [1.82, 2.24) is 0 Å². The molecule has 0 N–H and O–H groups in total. The third-order valence-electron chi connectivity index (χ3n) is 4.02. The van der Waals surface area contributed by atoms with Gasteiger partial charge in [-0.05, 0) is 12.1 Å². The van der Waals surface area contributed by atoms with Gasteiger partial charge in [-0.3, -0.25) is 0 Å². The summed E-state index contributed by atoms with van der Waals surface area (Å²) in [6, 6.07) is 18.0. The summed E-state index contributed by atoms with van der Waals surface area (Å²) in [6.07, 6.45) is 0. The monoisotopic (exact) mass is 279 g/mol. The van der Waals surface area contributed by atoms with E-state index < -0.39 is 6.69 Å². The molecule has 21 heavy (non-hydrogen) atoms. The molecule has 0 radical (unpaired) electrons. The highest BCUT2D eigenvalue weighted by atomic mass is 16.7. The number of oxime groups is 1. The maximum Gasteiger partial charge on any atom is 0.512 e. The molecule has 0 spiro atoms. The second kappa shape index (κ2) is 4.28. The molecule has 0 unspecified atom stereocenters. The summed E-state index contributed by atoms with van der Waals surface area (Å²) < 4.78 is 12.1. The molecule has 0 aliphatic carbocycles. The summed E-state index contributed by atoms with van der Waals surface area (Å²) in [5, 5.41) is 4.31. The maximum absolute atomic E-state index is 6.24. The Labute approximate surface area is 124 Å².